The molecule has 0 fully saturated rings. The SMILES string of the molecule is O=C1/C=C\CCN(C(=O)C(F)(F)F)Cc2ccsc2/C=C\1. The fourth-order valence-electron chi connectivity index (χ4n) is 1.90. The molecule has 0 aromatic carbocycles. The number of nitrogens with zero attached hydrogens (tertiary/aromatic N) is 1. The van der Waals surface area contributed by atoms with Gasteiger partial charge in [0.25, 0.3) is 0 Å². The van der Waals surface area contributed by atoms with Crippen LogP contribution < -0.4 is 0 Å². The summed E-state index contributed by atoms with van der Waals surface area (Å²) in [5, 5.41) is 1.72. The second-order valence-corrected chi connectivity index (χ2v) is 5.41. The van der Waals surface area contributed by atoms with Crippen molar-refractivity contribution < 1.29 is 22.8 Å². The summed E-state index contributed by atoms with van der Waals surface area (Å²) in [6, 6.07) is 1.66. The molecule has 112 valence electrons. The van der Waals surface area contributed by atoms with Crippen LogP contribution in [0.4, 0.5) is 13.2 Å². The van der Waals surface area contributed by atoms with Gasteiger partial charge in [-0.25, -0.2) is 0 Å². The van der Waals surface area contributed by atoms with Crippen LogP contribution in [0.1, 0.15) is 16.9 Å². The Bertz CT molecular complexity index is 602. The highest BCUT2D eigenvalue weighted by atomic mass is 32.1. The molecule has 1 aliphatic rings. The fraction of sp³-hybridized carbons (Fsp3) is 0.286. The normalized spacial score (nSPS) is 19.6. The van der Waals surface area contributed by atoms with Gasteiger partial charge in [0.15, 0.2) is 5.78 Å². The number of hydrogen-bond donors (Lipinski definition) is 0. The Labute approximate surface area is 123 Å². The molecule has 0 N–H and O–H groups in total. The number of hydrogen-bond acceptors (Lipinski definition) is 3. The second kappa shape index (κ2) is 6.26. The minimum atomic E-state index is -4.90. The van der Waals surface area contributed by atoms with Crippen LogP contribution in [-0.4, -0.2) is 29.3 Å². The number of carbonyl (C=O) groups excluding carboxylic acids is 2. The maximum Gasteiger partial charge on any atom is 0.471 e. The Kier molecular flexibility index (Phi) is 4.62. The van der Waals surface area contributed by atoms with E-state index >= 15 is 0 Å². The molecule has 0 radical (unpaired) electrons. The van der Waals surface area contributed by atoms with E-state index in [1.54, 1.807) is 17.5 Å². The molecule has 0 unspecified atom stereocenters. The van der Waals surface area contributed by atoms with Gasteiger partial charge < -0.3 is 4.90 Å². The minimum Gasteiger partial charge on any atom is -0.330 e. The lowest BCUT2D eigenvalue weighted by atomic mass is 10.2. The summed E-state index contributed by atoms with van der Waals surface area (Å²) in [6.45, 7) is -0.207. The Hall–Kier alpha value is -1.89. The number of fused-ring (bicyclic) bond motifs is 1. The predicted octanol–water partition coefficient (Wildman–Crippen LogP) is 3.18. The molecule has 2 heterocycles. The first-order valence-electron chi connectivity index (χ1n) is 6.19. The highest BCUT2D eigenvalue weighted by Crippen LogP contribution is 2.24. The third-order valence-electron chi connectivity index (χ3n) is 2.92. The predicted molar refractivity (Wildman–Crippen MR) is 73.6 cm³/mol. The van der Waals surface area contributed by atoms with Gasteiger partial charge >= 0.3 is 12.1 Å². The van der Waals surface area contributed by atoms with Gasteiger partial charge in [-0.15, -0.1) is 11.3 Å². The molecule has 1 aromatic rings. The molecule has 0 aliphatic carbocycles. The Morgan fingerprint density at radius 2 is 2.00 bits per heavy atom. The van der Waals surface area contributed by atoms with Crippen LogP contribution in [0.3, 0.4) is 0 Å². The second-order valence-electron chi connectivity index (χ2n) is 4.46. The lowest BCUT2D eigenvalue weighted by molar-refractivity contribution is -0.186. The first kappa shape index (κ1) is 15.5. The van der Waals surface area contributed by atoms with Gasteiger partial charge in [0.1, 0.15) is 0 Å². The maximum absolute atomic E-state index is 12.6. The quantitative estimate of drug-likeness (QED) is 0.737. The van der Waals surface area contributed by atoms with Crippen LogP contribution in [0.2, 0.25) is 0 Å². The Balaban J connectivity index is 2.32. The minimum absolute atomic E-state index is 0.0859. The van der Waals surface area contributed by atoms with E-state index in [1.165, 1.54) is 29.6 Å². The maximum atomic E-state index is 12.6. The molecule has 21 heavy (non-hydrogen) atoms. The summed E-state index contributed by atoms with van der Waals surface area (Å²) >= 11 is 1.31. The van der Waals surface area contributed by atoms with Crippen molar-refractivity contribution in [3.63, 3.8) is 0 Å². The van der Waals surface area contributed by atoms with Gasteiger partial charge in [-0.3, -0.25) is 9.59 Å². The number of allylic oxidation sites excluding steroid dienone is 2. The number of carbonyl (C=O) groups is 2. The first-order valence-corrected chi connectivity index (χ1v) is 7.07. The van der Waals surface area contributed by atoms with E-state index in [0.717, 1.165) is 4.90 Å². The molecule has 1 aliphatic heterocycles. The van der Waals surface area contributed by atoms with Crippen LogP contribution in [0, 0.1) is 0 Å². The molecule has 1 aromatic heterocycles. The number of alkyl halides is 3. The standard InChI is InChI=1S/C14H12F3NO2S/c15-14(16,17)13(20)18-7-2-1-3-11(19)4-5-12-10(9-18)6-8-21-12/h1,3-6,8H,2,7,9H2/b3-1-,5-4-. The monoisotopic (exact) mass is 315 g/mol. The van der Waals surface area contributed by atoms with E-state index in [0.29, 0.717) is 10.4 Å². The van der Waals surface area contributed by atoms with Gasteiger partial charge in [-0.2, -0.15) is 13.2 Å². The third-order valence-corrected chi connectivity index (χ3v) is 3.84. The highest BCUT2D eigenvalue weighted by Gasteiger charge is 2.42. The molecule has 0 saturated carbocycles. The van der Waals surface area contributed by atoms with Gasteiger partial charge in [0.05, 0.1) is 0 Å². The molecular formula is C14H12F3NO2S. The van der Waals surface area contributed by atoms with Crippen molar-refractivity contribution in [1.29, 1.82) is 0 Å². The van der Waals surface area contributed by atoms with Gasteiger partial charge in [0.2, 0.25) is 0 Å². The van der Waals surface area contributed by atoms with Gasteiger partial charge in [-0.1, -0.05) is 6.08 Å². The van der Waals surface area contributed by atoms with E-state index in [1.807, 2.05) is 0 Å². The van der Waals surface area contributed by atoms with Crippen LogP contribution in [0.5, 0.6) is 0 Å². The average Bonchev–Trinajstić information content (AvgIpc) is 2.83. The number of halogens is 3. The smallest absolute Gasteiger partial charge is 0.330 e. The highest BCUT2D eigenvalue weighted by molar-refractivity contribution is 7.11. The molecule has 0 bridgehead atoms. The van der Waals surface area contributed by atoms with E-state index in [-0.39, 0.29) is 25.3 Å². The van der Waals surface area contributed by atoms with Crippen molar-refractivity contribution in [3.8, 4) is 0 Å². The summed E-state index contributed by atoms with van der Waals surface area (Å²) in [7, 11) is 0. The molecule has 2 rings (SSSR count). The molecule has 0 atom stereocenters. The summed E-state index contributed by atoms with van der Waals surface area (Å²) in [5.74, 6) is -2.09. The molecular weight excluding hydrogens is 303 g/mol. The lowest BCUT2D eigenvalue weighted by Gasteiger charge is -2.23. The fourth-order valence-corrected chi connectivity index (χ4v) is 2.71. The zero-order valence-corrected chi connectivity index (χ0v) is 11.7. The topological polar surface area (TPSA) is 37.4 Å². The number of thiophene rings is 1. The molecule has 7 heteroatoms. The van der Waals surface area contributed by atoms with Crippen molar-refractivity contribution in [1.82, 2.24) is 4.90 Å². The van der Waals surface area contributed by atoms with E-state index < -0.39 is 12.1 Å². The van der Waals surface area contributed by atoms with Crippen LogP contribution in [-0.2, 0) is 16.1 Å². The molecule has 0 saturated heterocycles. The molecule has 0 spiro atoms. The van der Waals surface area contributed by atoms with E-state index in [9.17, 15) is 22.8 Å². The van der Waals surface area contributed by atoms with Crippen molar-refractivity contribution in [2.75, 3.05) is 6.54 Å². The summed E-state index contributed by atoms with van der Waals surface area (Å²) in [4.78, 5) is 24.4. The number of amides is 1. The zero-order valence-electron chi connectivity index (χ0n) is 10.9. The van der Waals surface area contributed by atoms with Crippen molar-refractivity contribution in [2.24, 2.45) is 0 Å². The van der Waals surface area contributed by atoms with E-state index in [2.05, 4.69) is 0 Å². The Morgan fingerprint density at radius 3 is 2.71 bits per heavy atom. The zero-order chi connectivity index (χ0) is 15.5. The van der Waals surface area contributed by atoms with Gasteiger partial charge in [0, 0.05) is 18.0 Å². The summed E-state index contributed by atoms with van der Waals surface area (Å²) in [6.07, 6.45) is 1.00. The number of ketones is 1. The van der Waals surface area contributed by atoms with Crippen LogP contribution in [0.25, 0.3) is 6.08 Å². The van der Waals surface area contributed by atoms with Crippen LogP contribution in [0.15, 0.2) is 29.7 Å². The Morgan fingerprint density at radius 1 is 1.24 bits per heavy atom. The average molecular weight is 315 g/mol. The van der Waals surface area contributed by atoms with Crippen molar-refractivity contribution in [2.45, 2.75) is 19.1 Å². The first-order chi connectivity index (χ1) is 9.88. The van der Waals surface area contributed by atoms with Crippen molar-refractivity contribution >= 4 is 29.1 Å². The third kappa shape index (κ3) is 4.04. The molecule has 3 nitrogen and oxygen atoms in total. The van der Waals surface area contributed by atoms with E-state index in [4.69, 9.17) is 0 Å². The summed E-state index contributed by atoms with van der Waals surface area (Å²) in [5.41, 5.74) is 0.601. The largest absolute Gasteiger partial charge is 0.471 e. The van der Waals surface area contributed by atoms with Crippen molar-refractivity contribution in [3.05, 3.63) is 40.1 Å². The lowest BCUT2D eigenvalue weighted by Crippen LogP contribution is -2.41. The number of rotatable bonds is 0. The summed E-state index contributed by atoms with van der Waals surface area (Å²) < 4.78 is 37.9. The van der Waals surface area contributed by atoms with Crippen LogP contribution >= 0.6 is 11.3 Å². The molecule has 1 amide bonds. The van der Waals surface area contributed by atoms with Gasteiger partial charge in [-0.05, 0) is 41.7 Å².